The molecular formula is C21H16N2O. The first kappa shape index (κ1) is 14.3. The molecule has 1 aliphatic rings. The molecule has 3 aromatic rings. The summed E-state index contributed by atoms with van der Waals surface area (Å²) in [7, 11) is 0. The van der Waals surface area contributed by atoms with Crippen LogP contribution in [0.2, 0.25) is 0 Å². The van der Waals surface area contributed by atoms with E-state index in [1.807, 2.05) is 54.6 Å². The molecule has 116 valence electrons. The number of hydrogen-bond donors (Lipinski definition) is 2. The van der Waals surface area contributed by atoms with E-state index in [9.17, 15) is 4.79 Å². The van der Waals surface area contributed by atoms with Gasteiger partial charge in [0.2, 0.25) is 0 Å². The number of carbonyl (C=O) groups is 1. The first-order valence-electron chi connectivity index (χ1n) is 7.84. The average Bonchev–Trinajstić information content (AvgIpc) is 2.81. The third-order valence-corrected chi connectivity index (χ3v) is 4.02. The Morgan fingerprint density at radius 2 is 1.46 bits per heavy atom. The van der Waals surface area contributed by atoms with Crippen molar-refractivity contribution in [3.8, 4) is 0 Å². The normalized spacial score (nSPS) is 11.7. The quantitative estimate of drug-likeness (QED) is 0.536. The van der Waals surface area contributed by atoms with Gasteiger partial charge in [-0.15, -0.1) is 0 Å². The SMILES string of the molecule is O=C(Nc1ccc2c(c1)Nc1ccccc1C=C2)c1ccccc1. The fraction of sp³-hybridized carbons (Fsp3) is 0. The van der Waals surface area contributed by atoms with Gasteiger partial charge in [-0.2, -0.15) is 0 Å². The Hall–Kier alpha value is -3.33. The Morgan fingerprint density at radius 3 is 2.29 bits per heavy atom. The molecule has 0 aromatic heterocycles. The molecule has 3 aromatic carbocycles. The molecule has 3 nitrogen and oxygen atoms in total. The van der Waals surface area contributed by atoms with E-state index in [0.29, 0.717) is 5.56 Å². The molecule has 0 unspecified atom stereocenters. The van der Waals surface area contributed by atoms with Crippen LogP contribution in [0.15, 0.2) is 72.8 Å². The summed E-state index contributed by atoms with van der Waals surface area (Å²) in [5.41, 5.74) is 5.67. The maximum atomic E-state index is 12.3. The van der Waals surface area contributed by atoms with Crippen molar-refractivity contribution in [2.24, 2.45) is 0 Å². The van der Waals surface area contributed by atoms with Crippen molar-refractivity contribution in [1.29, 1.82) is 0 Å². The molecule has 1 heterocycles. The van der Waals surface area contributed by atoms with Crippen LogP contribution in [0.4, 0.5) is 17.1 Å². The van der Waals surface area contributed by atoms with E-state index in [1.165, 1.54) is 0 Å². The summed E-state index contributed by atoms with van der Waals surface area (Å²) in [6, 6.07) is 23.2. The van der Waals surface area contributed by atoms with E-state index in [1.54, 1.807) is 12.1 Å². The van der Waals surface area contributed by atoms with Crippen LogP contribution in [0.3, 0.4) is 0 Å². The Kier molecular flexibility index (Phi) is 3.60. The van der Waals surface area contributed by atoms with E-state index in [2.05, 4.69) is 28.9 Å². The summed E-state index contributed by atoms with van der Waals surface area (Å²) in [6.45, 7) is 0. The maximum Gasteiger partial charge on any atom is 0.255 e. The van der Waals surface area contributed by atoms with Gasteiger partial charge >= 0.3 is 0 Å². The molecule has 1 aliphatic heterocycles. The van der Waals surface area contributed by atoms with Gasteiger partial charge in [-0.1, -0.05) is 54.6 Å². The van der Waals surface area contributed by atoms with Gasteiger partial charge < -0.3 is 10.6 Å². The first-order valence-corrected chi connectivity index (χ1v) is 7.84. The molecule has 0 atom stereocenters. The topological polar surface area (TPSA) is 41.1 Å². The van der Waals surface area contributed by atoms with Crippen molar-refractivity contribution in [2.75, 3.05) is 10.6 Å². The summed E-state index contributed by atoms with van der Waals surface area (Å²) in [6.07, 6.45) is 4.17. The molecule has 1 amide bonds. The van der Waals surface area contributed by atoms with Gasteiger partial charge in [0.1, 0.15) is 0 Å². The van der Waals surface area contributed by atoms with Crippen LogP contribution >= 0.6 is 0 Å². The molecule has 0 spiro atoms. The first-order chi connectivity index (χ1) is 11.8. The third kappa shape index (κ3) is 2.79. The van der Waals surface area contributed by atoms with Crippen molar-refractivity contribution in [1.82, 2.24) is 0 Å². The molecule has 0 saturated carbocycles. The van der Waals surface area contributed by atoms with Gasteiger partial charge in [0.25, 0.3) is 5.91 Å². The Labute approximate surface area is 140 Å². The number of nitrogens with one attached hydrogen (secondary N) is 2. The van der Waals surface area contributed by atoms with Crippen LogP contribution in [0.5, 0.6) is 0 Å². The molecule has 0 aliphatic carbocycles. The second-order valence-corrected chi connectivity index (χ2v) is 5.67. The summed E-state index contributed by atoms with van der Waals surface area (Å²) in [5, 5.41) is 6.39. The van der Waals surface area contributed by atoms with Crippen molar-refractivity contribution >= 4 is 35.1 Å². The molecular weight excluding hydrogens is 296 g/mol. The molecule has 2 N–H and O–H groups in total. The van der Waals surface area contributed by atoms with Crippen molar-refractivity contribution in [3.63, 3.8) is 0 Å². The fourth-order valence-electron chi connectivity index (χ4n) is 2.76. The van der Waals surface area contributed by atoms with Crippen molar-refractivity contribution < 1.29 is 4.79 Å². The minimum absolute atomic E-state index is 0.111. The Balaban J connectivity index is 1.62. The van der Waals surface area contributed by atoms with E-state index in [0.717, 1.165) is 28.2 Å². The lowest BCUT2D eigenvalue weighted by Gasteiger charge is -2.12. The highest BCUT2D eigenvalue weighted by molar-refractivity contribution is 6.04. The predicted molar refractivity (Wildman–Crippen MR) is 99.5 cm³/mol. The highest BCUT2D eigenvalue weighted by Gasteiger charge is 2.10. The number of para-hydroxylation sites is 1. The summed E-state index contributed by atoms with van der Waals surface area (Å²) >= 11 is 0. The zero-order valence-corrected chi connectivity index (χ0v) is 13.0. The van der Waals surface area contributed by atoms with E-state index < -0.39 is 0 Å². The monoisotopic (exact) mass is 312 g/mol. The zero-order valence-electron chi connectivity index (χ0n) is 13.0. The Morgan fingerprint density at radius 1 is 0.750 bits per heavy atom. The number of anilines is 3. The van der Waals surface area contributed by atoms with Crippen LogP contribution in [0.25, 0.3) is 12.2 Å². The highest BCUT2D eigenvalue weighted by atomic mass is 16.1. The third-order valence-electron chi connectivity index (χ3n) is 4.02. The van der Waals surface area contributed by atoms with E-state index >= 15 is 0 Å². The predicted octanol–water partition coefficient (Wildman–Crippen LogP) is 5.17. The van der Waals surface area contributed by atoms with Crippen molar-refractivity contribution in [3.05, 3.63) is 89.5 Å². The van der Waals surface area contributed by atoms with Crippen LogP contribution < -0.4 is 10.6 Å². The fourth-order valence-corrected chi connectivity index (χ4v) is 2.76. The van der Waals surface area contributed by atoms with Gasteiger partial charge in [0, 0.05) is 22.6 Å². The van der Waals surface area contributed by atoms with Gasteiger partial charge in [-0.25, -0.2) is 0 Å². The molecule has 3 heteroatoms. The number of fused-ring (bicyclic) bond motifs is 2. The van der Waals surface area contributed by atoms with E-state index in [-0.39, 0.29) is 5.91 Å². The number of hydrogen-bond acceptors (Lipinski definition) is 2. The second-order valence-electron chi connectivity index (χ2n) is 5.67. The molecule has 0 radical (unpaired) electrons. The molecule has 0 saturated heterocycles. The van der Waals surface area contributed by atoms with Crippen molar-refractivity contribution in [2.45, 2.75) is 0 Å². The summed E-state index contributed by atoms with van der Waals surface area (Å²) < 4.78 is 0. The van der Waals surface area contributed by atoms with Crippen LogP contribution in [0.1, 0.15) is 21.5 Å². The smallest absolute Gasteiger partial charge is 0.255 e. The molecule has 4 rings (SSSR count). The molecule has 24 heavy (non-hydrogen) atoms. The number of carbonyl (C=O) groups excluding carboxylic acids is 1. The van der Waals surface area contributed by atoms with E-state index in [4.69, 9.17) is 0 Å². The lowest BCUT2D eigenvalue weighted by atomic mass is 10.1. The summed E-state index contributed by atoms with van der Waals surface area (Å²) in [4.78, 5) is 12.3. The maximum absolute atomic E-state index is 12.3. The minimum atomic E-state index is -0.111. The van der Waals surface area contributed by atoms with Gasteiger partial charge in [-0.3, -0.25) is 4.79 Å². The van der Waals surface area contributed by atoms with Crippen LogP contribution in [0, 0.1) is 0 Å². The lowest BCUT2D eigenvalue weighted by molar-refractivity contribution is 0.102. The van der Waals surface area contributed by atoms with Crippen LogP contribution in [-0.4, -0.2) is 5.91 Å². The van der Waals surface area contributed by atoms with Gasteiger partial charge in [-0.05, 0) is 41.5 Å². The second kappa shape index (κ2) is 6.05. The number of benzene rings is 3. The molecule has 0 fully saturated rings. The minimum Gasteiger partial charge on any atom is -0.354 e. The summed E-state index contributed by atoms with van der Waals surface area (Å²) in [5.74, 6) is -0.111. The highest BCUT2D eigenvalue weighted by Crippen LogP contribution is 2.32. The lowest BCUT2D eigenvalue weighted by Crippen LogP contribution is -2.11. The van der Waals surface area contributed by atoms with Crippen LogP contribution in [-0.2, 0) is 0 Å². The zero-order chi connectivity index (χ0) is 16.4. The van der Waals surface area contributed by atoms with Gasteiger partial charge in [0.15, 0.2) is 0 Å². The molecule has 0 bridgehead atoms. The average molecular weight is 312 g/mol. The number of rotatable bonds is 2. The standard InChI is InChI=1S/C21H16N2O/c24-21(17-7-2-1-3-8-17)22-18-13-12-16-11-10-15-6-4-5-9-19(15)23-20(16)14-18/h1-14,23H,(H,22,24). The van der Waals surface area contributed by atoms with Gasteiger partial charge in [0.05, 0.1) is 0 Å². The number of amides is 1. The Bertz CT molecular complexity index is 930. The largest absolute Gasteiger partial charge is 0.354 e.